The lowest BCUT2D eigenvalue weighted by molar-refractivity contribution is -0.141. The molecule has 0 spiro atoms. The smallest absolute Gasteiger partial charge is 0.310 e. The minimum atomic E-state index is -0.892. The molecule has 2 N–H and O–H groups in total. The van der Waals surface area contributed by atoms with E-state index >= 15 is 0 Å². The first-order valence-electron chi connectivity index (χ1n) is 6.01. The molecule has 1 amide bonds. The van der Waals surface area contributed by atoms with Crippen LogP contribution in [0.25, 0.3) is 0 Å². The van der Waals surface area contributed by atoms with Gasteiger partial charge in [-0.3, -0.25) is 9.59 Å². The number of carbonyl (C=O) groups excluding carboxylic acids is 1. The summed E-state index contributed by atoms with van der Waals surface area (Å²) in [6.07, 6.45) is 0. The molecule has 0 aliphatic carbocycles. The van der Waals surface area contributed by atoms with Gasteiger partial charge in [0.2, 0.25) is 5.91 Å². The van der Waals surface area contributed by atoms with Gasteiger partial charge in [0.15, 0.2) is 0 Å². The number of halogens is 1. The topological polar surface area (TPSA) is 69.6 Å². The number of carbonyl (C=O) groups is 2. The molecule has 1 fully saturated rings. The van der Waals surface area contributed by atoms with Crippen LogP contribution in [0.2, 0.25) is 0 Å². The van der Waals surface area contributed by atoms with E-state index in [1.165, 1.54) is 0 Å². The highest BCUT2D eigenvalue weighted by molar-refractivity contribution is 9.10. The second-order valence-electron chi connectivity index (χ2n) is 4.59. The number of rotatable bonds is 2. The van der Waals surface area contributed by atoms with Crippen LogP contribution in [0.15, 0.2) is 28.7 Å². The van der Waals surface area contributed by atoms with E-state index in [2.05, 4.69) is 21.2 Å². The predicted molar refractivity (Wildman–Crippen MR) is 75.1 cm³/mol. The van der Waals surface area contributed by atoms with Crippen molar-refractivity contribution in [3.8, 4) is 0 Å². The van der Waals surface area contributed by atoms with E-state index in [9.17, 15) is 9.59 Å². The summed E-state index contributed by atoms with van der Waals surface area (Å²) in [5, 5.41) is 11.8. The first-order chi connectivity index (χ1) is 8.99. The SMILES string of the molecule is CC1C(=O)NCC(C(=O)O)CN1c1ccc(Br)cc1. The molecule has 1 saturated heterocycles. The summed E-state index contributed by atoms with van der Waals surface area (Å²) in [6, 6.07) is 7.11. The van der Waals surface area contributed by atoms with Crippen LogP contribution in [-0.4, -0.2) is 36.1 Å². The molecular formula is C13H15BrN2O3. The molecule has 19 heavy (non-hydrogen) atoms. The van der Waals surface area contributed by atoms with Gasteiger partial charge in [0.05, 0.1) is 5.92 Å². The molecule has 2 rings (SSSR count). The van der Waals surface area contributed by atoms with Crippen LogP contribution in [0.3, 0.4) is 0 Å². The number of amides is 1. The average Bonchev–Trinajstić information content (AvgIpc) is 2.52. The van der Waals surface area contributed by atoms with E-state index in [0.717, 1.165) is 10.2 Å². The molecule has 0 radical (unpaired) electrons. The first-order valence-corrected chi connectivity index (χ1v) is 6.81. The Balaban J connectivity index is 2.30. The predicted octanol–water partition coefficient (Wildman–Crippen LogP) is 1.47. The maximum absolute atomic E-state index is 11.9. The molecule has 6 heteroatoms. The van der Waals surface area contributed by atoms with Gasteiger partial charge in [-0.2, -0.15) is 0 Å². The lowest BCUT2D eigenvalue weighted by Crippen LogP contribution is -2.42. The number of benzene rings is 1. The summed E-state index contributed by atoms with van der Waals surface area (Å²) in [7, 11) is 0. The molecule has 0 saturated carbocycles. The minimum Gasteiger partial charge on any atom is -0.481 e. The maximum atomic E-state index is 11.9. The number of carboxylic acids is 1. The van der Waals surface area contributed by atoms with Crippen LogP contribution >= 0.6 is 15.9 Å². The summed E-state index contributed by atoms with van der Waals surface area (Å²) in [4.78, 5) is 24.9. The fourth-order valence-electron chi connectivity index (χ4n) is 2.10. The molecule has 1 aromatic carbocycles. The molecule has 2 unspecified atom stereocenters. The van der Waals surface area contributed by atoms with E-state index in [0.29, 0.717) is 6.54 Å². The largest absolute Gasteiger partial charge is 0.481 e. The number of hydrogen-bond acceptors (Lipinski definition) is 3. The Kier molecular flexibility index (Phi) is 4.09. The second kappa shape index (κ2) is 5.61. The van der Waals surface area contributed by atoms with Crippen molar-refractivity contribution < 1.29 is 14.7 Å². The summed E-state index contributed by atoms with van der Waals surface area (Å²) < 4.78 is 0.943. The number of anilines is 1. The molecule has 1 heterocycles. The molecular weight excluding hydrogens is 312 g/mol. The molecule has 1 aliphatic heterocycles. The quantitative estimate of drug-likeness (QED) is 0.863. The molecule has 0 aromatic heterocycles. The standard InChI is InChI=1S/C13H15BrN2O3/c1-8-12(17)15-6-9(13(18)19)7-16(8)11-4-2-10(14)3-5-11/h2-5,8-9H,6-7H2,1H3,(H,15,17)(H,18,19). The zero-order valence-corrected chi connectivity index (χ0v) is 12.1. The van der Waals surface area contributed by atoms with Crippen molar-refractivity contribution in [2.45, 2.75) is 13.0 Å². The fraction of sp³-hybridized carbons (Fsp3) is 0.385. The van der Waals surface area contributed by atoms with Gasteiger partial charge in [-0.25, -0.2) is 0 Å². The Morgan fingerprint density at radius 1 is 1.42 bits per heavy atom. The lowest BCUT2D eigenvalue weighted by atomic mass is 10.1. The van der Waals surface area contributed by atoms with Crippen molar-refractivity contribution in [3.05, 3.63) is 28.7 Å². The van der Waals surface area contributed by atoms with Gasteiger partial charge in [-0.1, -0.05) is 15.9 Å². The third kappa shape index (κ3) is 3.07. The summed E-state index contributed by atoms with van der Waals surface area (Å²) in [5.41, 5.74) is 0.846. The lowest BCUT2D eigenvalue weighted by Gasteiger charge is -2.29. The van der Waals surface area contributed by atoms with Gasteiger partial charge < -0.3 is 15.3 Å². The molecule has 1 aliphatic rings. The highest BCUT2D eigenvalue weighted by Gasteiger charge is 2.31. The van der Waals surface area contributed by atoms with E-state index < -0.39 is 11.9 Å². The summed E-state index contributed by atoms with van der Waals surface area (Å²) >= 11 is 3.36. The van der Waals surface area contributed by atoms with Gasteiger partial charge in [0.25, 0.3) is 0 Å². The zero-order chi connectivity index (χ0) is 14.0. The maximum Gasteiger partial charge on any atom is 0.310 e. The van der Waals surface area contributed by atoms with E-state index in [4.69, 9.17) is 5.11 Å². The van der Waals surface area contributed by atoms with Crippen LogP contribution in [0.5, 0.6) is 0 Å². The Morgan fingerprint density at radius 2 is 2.05 bits per heavy atom. The zero-order valence-electron chi connectivity index (χ0n) is 10.5. The van der Waals surface area contributed by atoms with Gasteiger partial charge in [0, 0.05) is 23.2 Å². The Labute approximate surface area is 119 Å². The third-order valence-corrected chi connectivity index (χ3v) is 3.82. The fourth-order valence-corrected chi connectivity index (χ4v) is 2.36. The number of nitrogens with zero attached hydrogens (tertiary/aromatic N) is 1. The van der Waals surface area contributed by atoms with Crippen LogP contribution in [-0.2, 0) is 9.59 Å². The number of aliphatic carboxylic acids is 1. The molecule has 0 bridgehead atoms. The Hall–Kier alpha value is -1.56. The number of hydrogen-bond donors (Lipinski definition) is 2. The van der Waals surface area contributed by atoms with Crippen molar-refractivity contribution >= 4 is 33.5 Å². The van der Waals surface area contributed by atoms with Crippen molar-refractivity contribution in [2.24, 2.45) is 5.92 Å². The van der Waals surface area contributed by atoms with Gasteiger partial charge in [-0.05, 0) is 31.2 Å². The molecule has 2 atom stereocenters. The normalized spacial score (nSPS) is 23.7. The van der Waals surface area contributed by atoms with Crippen LogP contribution < -0.4 is 10.2 Å². The van der Waals surface area contributed by atoms with E-state index in [-0.39, 0.29) is 18.5 Å². The monoisotopic (exact) mass is 326 g/mol. The van der Waals surface area contributed by atoms with Crippen molar-refractivity contribution in [1.82, 2.24) is 5.32 Å². The van der Waals surface area contributed by atoms with Crippen LogP contribution in [0.4, 0.5) is 5.69 Å². The van der Waals surface area contributed by atoms with Gasteiger partial charge in [0.1, 0.15) is 6.04 Å². The Bertz CT molecular complexity index is 489. The summed E-state index contributed by atoms with van der Waals surface area (Å²) in [6.45, 7) is 2.27. The third-order valence-electron chi connectivity index (χ3n) is 3.29. The van der Waals surface area contributed by atoms with E-state index in [1.54, 1.807) is 6.92 Å². The Morgan fingerprint density at radius 3 is 2.63 bits per heavy atom. The molecule has 5 nitrogen and oxygen atoms in total. The van der Waals surface area contributed by atoms with Crippen molar-refractivity contribution in [1.29, 1.82) is 0 Å². The van der Waals surface area contributed by atoms with Gasteiger partial charge in [-0.15, -0.1) is 0 Å². The average molecular weight is 327 g/mol. The number of nitrogens with one attached hydrogen (secondary N) is 1. The highest BCUT2D eigenvalue weighted by Crippen LogP contribution is 2.23. The molecule has 1 aromatic rings. The van der Waals surface area contributed by atoms with Crippen LogP contribution in [0.1, 0.15) is 6.92 Å². The first kappa shape index (κ1) is 13.9. The van der Waals surface area contributed by atoms with Crippen LogP contribution in [0, 0.1) is 5.92 Å². The van der Waals surface area contributed by atoms with Crippen molar-refractivity contribution in [3.63, 3.8) is 0 Å². The number of carboxylic acid groups (broad SMARTS) is 1. The van der Waals surface area contributed by atoms with E-state index in [1.807, 2.05) is 29.2 Å². The van der Waals surface area contributed by atoms with Gasteiger partial charge >= 0.3 is 5.97 Å². The second-order valence-corrected chi connectivity index (χ2v) is 5.50. The van der Waals surface area contributed by atoms with Crippen molar-refractivity contribution in [2.75, 3.05) is 18.0 Å². The highest BCUT2D eigenvalue weighted by atomic mass is 79.9. The summed E-state index contributed by atoms with van der Waals surface area (Å²) in [5.74, 6) is -1.64. The minimum absolute atomic E-state index is 0.147. The molecule has 102 valence electrons.